The Balaban J connectivity index is 1.78. The molecule has 2 heteroatoms. The molecular formula is C23H23NO. The predicted octanol–water partition coefficient (Wildman–Crippen LogP) is 5.41. The van der Waals surface area contributed by atoms with Crippen LogP contribution in [0.5, 0.6) is 5.75 Å². The normalized spacial score (nSPS) is 19.4. The number of hydrogen-bond donors (Lipinski definition) is 0. The topological polar surface area (TPSA) is 12.5 Å². The van der Waals surface area contributed by atoms with E-state index in [1.54, 1.807) is 7.11 Å². The Bertz CT molecular complexity index is 841. The van der Waals surface area contributed by atoms with Gasteiger partial charge >= 0.3 is 0 Å². The van der Waals surface area contributed by atoms with Crippen LogP contribution < -0.4 is 9.64 Å². The summed E-state index contributed by atoms with van der Waals surface area (Å²) >= 11 is 0. The first-order valence-corrected chi connectivity index (χ1v) is 8.78. The molecule has 0 bridgehead atoms. The van der Waals surface area contributed by atoms with Gasteiger partial charge in [0.25, 0.3) is 0 Å². The summed E-state index contributed by atoms with van der Waals surface area (Å²) in [6.45, 7) is 0. The maximum atomic E-state index is 5.33. The third-order valence-corrected chi connectivity index (χ3v) is 5.32. The number of methoxy groups -OCH3 is 1. The van der Waals surface area contributed by atoms with Crippen LogP contribution in [0.2, 0.25) is 0 Å². The molecule has 0 amide bonds. The zero-order valence-corrected chi connectivity index (χ0v) is 14.7. The molecule has 0 aliphatic carbocycles. The van der Waals surface area contributed by atoms with Crippen LogP contribution in [0.1, 0.15) is 35.1 Å². The maximum Gasteiger partial charge on any atom is 0.118 e. The number of hydrogen-bond acceptors (Lipinski definition) is 2. The standard InChI is InChI=1S/C23H23NO/c1-24-22-11-7-6-10-20(22)21(17-12-14-19(25-2)15-13-17)16-23(24)18-8-4-3-5-9-18/h3-15,21,23H,16H2,1-2H3/t21-,23+/m0/s1. The van der Waals surface area contributed by atoms with Gasteiger partial charge in [0.15, 0.2) is 0 Å². The van der Waals surface area contributed by atoms with Gasteiger partial charge in [-0.2, -0.15) is 0 Å². The minimum absolute atomic E-state index is 0.378. The molecular weight excluding hydrogens is 306 g/mol. The van der Waals surface area contributed by atoms with Crippen LogP contribution in [0.3, 0.4) is 0 Å². The number of anilines is 1. The van der Waals surface area contributed by atoms with Crippen molar-refractivity contribution in [1.29, 1.82) is 0 Å². The van der Waals surface area contributed by atoms with Crippen LogP contribution in [-0.2, 0) is 0 Å². The van der Waals surface area contributed by atoms with E-state index >= 15 is 0 Å². The highest BCUT2D eigenvalue weighted by molar-refractivity contribution is 5.61. The van der Waals surface area contributed by atoms with Gasteiger partial charge in [0.2, 0.25) is 0 Å². The summed E-state index contributed by atoms with van der Waals surface area (Å²) in [7, 11) is 3.92. The van der Waals surface area contributed by atoms with Gasteiger partial charge in [-0.3, -0.25) is 0 Å². The van der Waals surface area contributed by atoms with E-state index < -0.39 is 0 Å². The van der Waals surface area contributed by atoms with Gasteiger partial charge < -0.3 is 9.64 Å². The van der Waals surface area contributed by atoms with Crippen molar-refractivity contribution in [2.45, 2.75) is 18.4 Å². The summed E-state index contributed by atoms with van der Waals surface area (Å²) in [4.78, 5) is 2.42. The Morgan fingerprint density at radius 2 is 1.48 bits per heavy atom. The van der Waals surface area contributed by atoms with Crippen LogP contribution in [0, 0.1) is 0 Å². The summed E-state index contributed by atoms with van der Waals surface area (Å²) < 4.78 is 5.33. The molecule has 2 nitrogen and oxygen atoms in total. The molecule has 4 rings (SSSR count). The third-order valence-electron chi connectivity index (χ3n) is 5.32. The van der Waals surface area contributed by atoms with Crippen molar-refractivity contribution in [2.75, 3.05) is 19.1 Å². The fourth-order valence-corrected chi connectivity index (χ4v) is 3.97. The number of rotatable bonds is 3. The number of nitrogens with zero attached hydrogens (tertiary/aromatic N) is 1. The van der Waals surface area contributed by atoms with Gasteiger partial charge in [-0.15, -0.1) is 0 Å². The van der Waals surface area contributed by atoms with Crippen molar-refractivity contribution in [3.05, 3.63) is 95.6 Å². The minimum atomic E-state index is 0.378. The molecule has 3 aromatic carbocycles. The first-order valence-electron chi connectivity index (χ1n) is 8.78. The van der Waals surface area contributed by atoms with Crippen molar-refractivity contribution in [1.82, 2.24) is 0 Å². The summed E-state index contributed by atoms with van der Waals surface area (Å²) in [6, 6.07) is 28.5. The number of ether oxygens (including phenoxy) is 1. The second-order valence-electron chi connectivity index (χ2n) is 6.66. The number of fused-ring (bicyclic) bond motifs is 1. The Hall–Kier alpha value is -2.74. The molecule has 0 spiro atoms. The Morgan fingerprint density at radius 1 is 0.800 bits per heavy atom. The first-order chi connectivity index (χ1) is 12.3. The summed E-state index contributed by atoms with van der Waals surface area (Å²) in [6.07, 6.45) is 1.07. The SMILES string of the molecule is COc1ccc([C@@H]2C[C@H](c3ccccc3)N(C)c3ccccc32)cc1. The van der Waals surface area contributed by atoms with Crippen LogP contribution in [0.25, 0.3) is 0 Å². The molecule has 1 aliphatic heterocycles. The van der Waals surface area contributed by atoms with E-state index in [1.165, 1.54) is 22.4 Å². The average Bonchev–Trinajstić information content (AvgIpc) is 2.69. The Morgan fingerprint density at radius 3 is 2.20 bits per heavy atom. The van der Waals surface area contributed by atoms with E-state index in [4.69, 9.17) is 4.74 Å². The van der Waals surface area contributed by atoms with Crippen LogP contribution in [0.4, 0.5) is 5.69 Å². The van der Waals surface area contributed by atoms with E-state index in [2.05, 4.69) is 90.8 Å². The molecule has 2 atom stereocenters. The molecule has 0 fully saturated rings. The average molecular weight is 329 g/mol. The lowest BCUT2D eigenvalue weighted by molar-refractivity contribution is 0.414. The number of benzene rings is 3. The molecule has 1 aliphatic rings. The lowest BCUT2D eigenvalue weighted by atomic mass is 9.79. The zero-order valence-electron chi connectivity index (χ0n) is 14.7. The van der Waals surface area contributed by atoms with Gasteiger partial charge in [0.05, 0.1) is 13.2 Å². The van der Waals surface area contributed by atoms with Crippen LogP contribution in [0.15, 0.2) is 78.9 Å². The second kappa shape index (κ2) is 6.64. The zero-order chi connectivity index (χ0) is 17.2. The van der Waals surface area contributed by atoms with Crippen molar-refractivity contribution >= 4 is 5.69 Å². The van der Waals surface area contributed by atoms with Crippen LogP contribution >= 0.6 is 0 Å². The highest BCUT2D eigenvalue weighted by Crippen LogP contribution is 2.46. The highest BCUT2D eigenvalue weighted by Gasteiger charge is 2.32. The Kier molecular flexibility index (Phi) is 4.19. The molecule has 0 unspecified atom stereocenters. The van der Waals surface area contributed by atoms with Gasteiger partial charge in [-0.1, -0.05) is 60.7 Å². The summed E-state index contributed by atoms with van der Waals surface area (Å²) in [5, 5.41) is 0. The van der Waals surface area contributed by atoms with Gasteiger partial charge in [0, 0.05) is 18.7 Å². The van der Waals surface area contributed by atoms with E-state index in [0.29, 0.717) is 12.0 Å². The monoisotopic (exact) mass is 329 g/mol. The fourth-order valence-electron chi connectivity index (χ4n) is 3.97. The van der Waals surface area contributed by atoms with Crippen molar-refractivity contribution in [2.24, 2.45) is 0 Å². The highest BCUT2D eigenvalue weighted by atomic mass is 16.5. The Labute approximate surface area is 149 Å². The van der Waals surface area contributed by atoms with Crippen molar-refractivity contribution in [3.8, 4) is 5.75 Å². The molecule has 126 valence electrons. The number of para-hydroxylation sites is 1. The fraction of sp³-hybridized carbons (Fsp3) is 0.217. The smallest absolute Gasteiger partial charge is 0.118 e. The molecule has 0 aromatic heterocycles. The van der Waals surface area contributed by atoms with E-state index in [0.717, 1.165) is 12.2 Å². The lowest BCUT2D eigenvalue weighted by Gasteiger charge is -2.40. The molecule has 1 heterocycles. The second-order valence-corrected chi connectivity index (χ2v) is 6.66. The van der Waals surface area contributed by atoms with E-state index in [-0.39, 0.29) is 0 Å². The molecule has 0 saturated carbocycles. The van der Waals surface area contributed by atoms with Gasteiger partial charge in [-0.25, -0.2) is 0 Å². The third kappa shape index (κ3) is 2.89. The first kappa shape index (κ1) is 15.8. The molecule has 3 aromatic rings. The van der Waals surface area contributed by atoms with E-state index in [1.807, 2.05) is 0 Å². The molecule has 0 N–H and O–H groups in total. The summed E-state index contributed by atoms with van der Waals surface area (Å²) in [5.74, 6) is 1.30. The molecule has 0 radical (unpaired) electrons. The maximum absolute atomic E-state index is 5.33. The largest absolute Gasteiger partial charge is 0.497 e. The quantitative estimate of drug-likeness (QED) is 0.637. The molecule has 25 heavy (non-hydrogen) atoms. The predicted molar refractivity (Wildman–Crippen MR) is 103 cm³/mol. The van der Waals surface area contributed by atoms with Crippen molar-refractivity contribution in [3.63, 3.8) is 0 Å². The van der Waals surface area contributed by atoms with E-state index in [9.17, 15) is 0 Å². The van der Waals surface area contributed by atoms with Gasteiger partial charge in [0.1, 0.15) is 5.75 Å². The van der Waals surface area contributed by atoms with Gasteiger partial charge in [-0.05, 0) is 41.3 Å². The van der Waals surface area contributed by atoms with Crippen LogP contribution in [-0.4, -0.2) is 14.2 Å². The van der Waals surface area contributed by atoms with Crippen molar-refractivity contribution < 1.29 is 4.74 Å². The molecule has 0 saturated heterocycles. The summed E-state index contributed by atoms with van der Waals surface area (Å²) in [5.41, 5.74) is 5.45. The minimum Gasteiger partial charge on any atom is -0.497 e. The lowest BCUT2D eigenvalue weighted by Crippen LogP contribution is -2.31.